The van der Waals surface area contributed by atoms with Crippen LogP contribution < -0.4 is 31.9 Å². The molecule has 0 spiro atoms. The second-order valence-corrected chi connectivity index (χ2v) is 30.3. The number of carbonyl (C=O) groups excluding carboxylic acids is 8. The fraction of sp³-hybridized carbons (Fsp3) is 0.704. The molecule has 8 aromatic heterocycles. The van der Waals surface area contributed by atoms with Gasteiger partial charge in [-0.05, 0) is 164 Å². The molecule has 720 valence electrons. The summed E-state index contributed by atoms with van der Waals surface area (Å²) in [4.78, 5) is 97.3. The van der Waals surface area contributed by atoms with Gasteiger partial charge in [0.15, 0.2) is 11.6 Å². The second kappa shape index (κ2) is 73.2. The van der Waals surface area contributed by atoms with Crippen molar-refractivity contribution >= 4 is 46.8 Å². The van der Waals surface area contributed by atoms with Crippen molar-refractivity contribution in [2.75, 3.05) is 202 Å². The zero-order valence-electron chi connectivity index (χ0n) is 79.6. The van der Waals surface area contributed by atoms with E-state index in [4.69, 9.17) is 23.7 Å². The van der Waals surface area contributed by atoms with E-state index in [2.05, 4.69) is 114 Å². The number of unbranched alkanes of at least 4 members (excludes halogenated alkanes) is 2. The molecule has 0 aliphatic rings. The van der Waals surface area contributed by atoms with Crippen molar-refractivity contribution in [2.45, 2.75) is 179 Å². The molecule has 8 rings (SSSR count). The number of ether oxygens (including phenoxy) is 5. The van der Waals surface area contributed by atoms with Crippen LogP contribution in [0.5, 0.6) is 0 Å². The summed E-state index contributed by atoms with van der Waals surface area (Å²) in [6.07, 6.45) is 21.6. The summed E-state index contributed by atoms with van der Waals surface area (Å²) < 4.78 is 40.5. The third kappa shape index (κ3) is 65.8. The predicted octanol–water partition coefficient (Wildman–Crippen LogP) is -0.248. The minimum Gasteiger partial charge on any atom is -0.379 e. The first-order chi connectivity index (χ1) is 61.2. The van der Waals surface area contributed by atoms with Crippen molar-refractivity contribution in [3.63, 3.8) is 0 Å². The van der Waals surface area contributed by atoms with E-state index < -0.39 is 0 Å². The lowest BCUT2D eigenvalue weighted by Gasteiger charge is -2.16. The van der Waals surface area contributed by atoms with Gasteiger partial charge in [0.1, 0.15) is 24.7 Å². The highest BCUT2D eigenvalue weighted by Gasteiger charge is 2.15. The maximum atomic E-state index is 11.9. The average Bonchev–Trinajstić information content (AvgIpc) is 1.82. The fourth-order valence-corrected chi connectivity index (χ4v) is 10.2. The number of Topliss-reactive ketones (excluding diaryl/α,β-unsaturated/α-hetero) is 4. The molecule has 47 heteroatoms. The van der Waals surface area contributed by atoms with Crippen LogP contribution in [0.4, 0.5) is 0 Å². The van der Waals surface area contributed by atoms with Gasteiger partial charge in [0.2, 0.25) is 23.6 Å². The molecule has 128 heavy (non-hydrogen) atoms. The number of aryl methyl sites for hydroxylation is 11. The number of likely N-dealkylation sites (N-methyl/N-ethyl adjacent to an activating group) is 6. The van der Waals surface area contributed by atoms with E-state index in [0.717, 1.165) is 124 Å². The molecule has 0 aromatic carbocycles. The smallest absolute Gasteiger partial charge is 0.248 e. The molecular formula is C81H148N34O13. The predicted molar refractivity (Wildman–Crippen MR) is 479 cm³/mol. The summed E-state index contributed by atoms with van der Waals surface area (Å²) >= 11 is 0. The van der Waals surface area contributed by atoms with Gasteiger partial charge in [-0.3, -0.25) is 52.4 Å². The Morgan fingerprint density at radius 3 is 0.930 bits per heavy atom. The van der Waals surface area contributed by atoms with E-state index in [1.807, 2.05) is 167 Å². The largest absolute Gasteiger partial charge is 0.379 e. The number of aromatic nitrogens is 24. The first-order valence-corrected chi connectivity index (χ1v) is 43.0. The summed E-state index contributed by atoms with van der Waals surface area (Å²) in [5, 5.41) is 79.5. The topological polar surface area (TPSA) is 514 Å². The molecule has 0 saturated heterocycles. The zero-order valence-corrected chi connectivity index (χ0v) is 79.6. The third-order valence-electron chi connectivity index (χ3n) is 16.6. The van der Waals surface area contributed by atoms with Gasteiger partial charge < -0.3 is 75.2 Å². The van der Waals surface area contributed by atoms with E-state index >= 15 is 0 Å². The molecule has 0 unspecified atom stereocenters. The summed E-state index contributed by atoms with van der Waals surface area (Å²) in [7, 11) is 18.2. The molecule has 0 saturated carbocycles. The van der Waals surface area contributed by atoms with Gasteiger partial charge in [-0.25, -0.2) is 23.4 Å². The van der Waals surface area contributed by atoms with Gasteiger partial charge >= 0.3 is 0 Å². The first-order valence-electron chi connectivity index (χ1n) is 43.0. The first kappa shape index (κ1) is 115. The average molecular weight is 1810 g/mol. The van der Waals surface area contributed by atoms with Crippen molar-refractivity contribution in [1.82, 2.24) is 171 Å². The quantitative estimate of drug-likeness (QED) is 0.0268. The lowest BCUT2D eigenvalue weighted by atomic mass is 10.1. The normalized spacial score (nSPS) is 10.6. The van der Waals surface area contributed by atoms with Crippen LogP contribution in [0.3, 0.4) is 0 Å². The van der Waals surface area contributed by atoms with Gasteiger partial charge in [-0.15, -0.1) is 40.8 Å². The van der Waals surface area contributed by atoms with Crippen molar-refractivity contribution in [1.29, 1.82) is 0 Å². The van der Waals surface area contributed by atoms with E-state index in [9.17, 15) is 38.4 Å². The van der Waals surface area contributed by atoms with E-state index in [0.29, 0.717) is 150 Å². The molecule has 8 heterocycles. The summed E-state index contributed by atoms with van der Waals surface area (Å²) in [6.45, 7) is 34.1. The van der Waals surface area contributed by atoms with Crippen LogP contribution in [0.15, 0.2) is 49.6 Å². The van der Waals surface area contributed by atoms with Crippen LogP contribution in [0.1, 0.15) is 117 Å². The molecule has 0 radical (unpaired) electrons. The van der Waals surface area contributed by atoms with Crippen LogP contribution in [0, 0.1) is 55.4 Å². The van der Waals surface area contributed by atoms with Gasteiger partial charge in [0.05, 0.1) is 157 Å². The maximum absolute atomic E-state index is 11.9. The highest BCUT2D eigenvalue weighted by molar-refractivity contribution is 5.86. The SMILES string of the molecule is CC(=O)CCOCCn1cc(C)nn1.CC(=O)Cn1cc(C)nn1.CNCCC(=O)N(C)CC(=O)NCCOCCn1cc(C)nn1.CNCCCn1cc(C)nn1.CNCCOCC(=O)N(C)CC(=O)CCCCn1cc(C)nn1.CNCCOCCn1cc(C)nn1.Cc1cn(CCCCC(=O)CN(C)C)nn1.Cc1cn(CCOCCNC(=O)CN(C)C)nn1. The lowest BCUT2D eigenvalue weighted by molar-refractivity contribution is -0.138. The molecule has 0 aliphatic carbocycles. The number of nitrogens with zero attached hydrogens (tertiary/aromatic N) is 28. The maximum Gasteiger partial charge on any atom is 0.248 e. The van der Waals surface area contributed by atoms with Gasteiger partial charge in [-0.2, -0.15) is 0 Å². The van der Waals surface area contributed by atoms with Crippen molar-refractivity contribution in [2.24, 2.45) is 0 Å². The molecule has 0 aliphatic heterocycles. The third-order valence-corrected chi connectivity index (χ3v) is 16.6. The zero-order chi connectivity index (χ0) is 95.1. The Kier molecular flexibility index (Phi) is 65.9. The number of ketones is 4. The molecule has 0 fully saturated rings. The van der Waals surface area contributed by atoms with Gasteiger partial charge in [0.25, 0.3) is 0 Å². The van der Waals surface area contributed by atoms with Crippen molar-refractivity contribution in [3.8, 4) is 0 Å². The highest BCUT2D eigenvalue weighted by atomic mass is 16.5. The van der Waals surface area contributed by atoms with Crippen LogP contribution in [0.2, 0.25) is 0 Å². The monoisotopic (exact) mass is 1810 g/mol. The van der Waals surface area contributed by atoms with E-state index in [1.165, 1.54) is 21.4 Å². The fourth-order valence-electron chi connectivity index (χ4n) is 10.2. The van der Waals surface area contributed by atoms with Crippen LogP contribution in [-0.4, -0.2) is 388 Å². The Bertz CT molecular complexity index is 4200. The lowest BCUT2D eigenvalue weighted by Crippen LogP contribution is -2.40. The Morgan fingerprint density at radius 1 is 0.297 bits per heavy atom. The number of rotatable bonds is 56. The Labute approximate surface area is 753 Å². The molecule has 0 bridgehead atoms. The highest BCUT2D eigenvalue weighted by Crippen LogP contribution is 2.05. The van der Waals surface area contributed by atoms with Crippen molar-refractivity contribution < 1.29 is 62.0 Å². The Balaban J connectivity index is 0.000000742. The minimum atomic E-state index is -0.194. The Morgan fingerprint density at radius 2 is 0.602 bits per heavy atom. The van der Waals surface area contributed by atoms with Gasteiger partial charge in [0, 0.05) is 142 Å². The van der Waals surface area contributed by atoms with E-state index in [1.54, 1.807) is 57.7 Å². The molecule has 6 N–H and O–H groups in total. The number of amides is 4. The van der Waals surface area contributed by atoms with E-state index in [-0.39, 0.29) is 60.7 Å². The second-order valence-electron chi connectivity index (χ2n) is 30.3. The molecule has 47 nitrogen and oxygen atoms in total. The number of hydrogen-bond donors (Lipinski definition) is 6. The minimum absolute atomic E-state index is 0.00972. The molecular weight excluding hydrogens is 1660 g/mol. The van der Waals surface area contributed by atoms with Crippen LogP contribution in [0.25, 0.3) is 0 Å². The van der Waals surface area contributed by atoms with Crippen LogP contribution in [-0.2, 0) is 114 Å². The summed E-state index contributed by atoms with van der Waals surface area (Å²) in [5.74, 6) is 0.190. The van der Waals surface area contributed by atoms with Crippen molar-refractivity contribution in [3.05, 3.63) is 95.1 Å². The molecule has 8 aromatic rings. The number of nitrogens with one attached hydrogen (secondary N) is 6. The standard InChI is InChI=1S/C15H27N5O3.C14H26N6O3.C11H21N5O2.C11H20N4O.C9H15N3O2.C8H16N4O.C7H14N4.C6H9N3O/c1-13-10-20(18-17-13)8-5-4-6-14(21)11-19(3)15(22)12-23-9-7-16-2;1-12-10-20(18-17-12)7-9-23-8-6-16-13(21)11-19(3)14(22)4-5-15-2;1-10-8-16(14-13-10)5-7-18-6-4-12-11(17)9-15(2)3;1-10-8-15(13-12-10)7-5-4-6-11(16)9-14(2)3;1-8-7-12(11-10-8)4-6-14-5-3-9(2)13;1-8-7-12(11-10-8)4-6-13-5-3-9-2;1-7-6-11(10-9-7)5-3-4-8-2;1-5-3-9(8-7-5)4-6(2)10/h10,16H,4-9,11-12H2,1-3H3;10,15H,4-9,11H2,1-3H3,(H,16,21);8H,4-7,9H2,1-3H3,(H,12,17);8H,4-7,9H2,1-3H3;7H,3-6H2,1-2H3;7,9H,3-6H2,1-2H3;6,8H,3-5H2,1-2H3;3H,4H2,1-2H3. The van der Waals surface area contributed by atoms with Crippen LogP contribution >= 0.6 is 0 Å². The summed E-state index contributed by atoms with van der Waals surface area (Å²) in [5.41, 5.74) is 7.23. The number of carbonyl (C=O) groups is 8. The Hall–Kier alpha value is -10.8. The molecule has 4 amide bonds. The molecule has 0 atom stereocenters. The van der Waals surface area contributed by atoms with Gasteiger partial charge in [-0.1, -0.05) is 41.7 Å². The summed E-state index contributed by atoms with van der Waals surface area (Å²) in [6, 6.07) is 0. The number of hydrogen-bond acceptors (Lipinski definition) is 35.